The number of rotatable bonds is 4. The van der Waals surface area contributed by atoms with Gasteiger partial charge in [0.05, 0.1) is 0 Å². The van der Waals surface area contributed by atoms with E-state index in [9.17, 15) is 9.59 Å². The molecule has 1 aliphatic rings. The van der Waals surface area contributed by atoms with E-state index in [0.717, 1.165) is 19.3 Å². The fourth-order valence-electron chi connectivity index (χ4n) is 1.86. The fourth-order valence-corrected chi connectivity index (χ4v) is 1.86. The van der Waals surface area contributed by atoms with E-state index in [1.807, 2.05) is 19.9 Å². The van der Waals surface area contributed by atoms with Crippen LogP contribution in [-0.4, -0.2) is 16.7 Å². The number of amides is 2. The first-order valence-corrected chi connectivity index (χ1v) is 5.98. The summed E-state index contributed by atoms with van der Waals surface area (Å²) < 4.78 is 0. The minimum Gasteiger partial charge on any atom is -0.274 e. The smallest absolute Gasteiger partial charge is 0.233 e. The van der Waals surface area contributed by atoms with E-state index in [4.69, 9.17) is 0 Å². The van der Waals surface area contributed by atoms with Crippen LogP contribution in [0.1, 0.15) is 52.9 Å². The summed E-state index contributed by atoms with van der Waals surface area (Å²) in [6.45, 7) is 6.04. The van der Waals surface area contributed by atoms with Crippen LogP contribution < -0.4 is 0 Å². The first kappa shape index (κ1) is 12.9. The molecule has 0 aromatic heterocycles. The molecule has 0 atom stereocenters. The Kier molecular flexibility index (Phi) is 4.27. The molecular weight excluding hydrogens is 202 g/mol. The summed E-state index contributed by atoms with van der Waals surface area (Å²) in [6.07, 6.45) is 7.62. The summed E-state index contributed by atoms with van der Waals surface area (Å²) in [5, 5.41) is 0. The summed E-state index contributed by atoms with van der Waals surface area (Å²) in [5.74, 6) is -0.150. The number of carbonyl (C=O) groups is 2. The van der Waals surface area contributed by atoms with Crippen molar-refractivity contribution in [3.63, 3.8) is 0 Å². The molecule has 1 saturated heterocycles. The van der Waals surface area contributed by atoms with Crippen LogP contribution in [0.2, 0.25) is 0 Å². The molecule has 0 aliphatic carbocycles. The van der Waals surface area contributed by atoms with Gasteiger partial charge in [-0.3, -0.25) is 14.5 Å². The minimum absolute atomic E-state index is 0.0750. The zero-order valence-electron chi connectivity index (χ0n) is 10.5. The number of hydrogen-bond donors (Lipinski definition) is 0. The quantitative estimate of drug-likeness (QED) is 0.543. The van der Waals surface area contributed by atoms with E-state index in [0.29, 0.717) is 12.8 Å². The van der Waals surface area contributed by atoms with Gasteiger partial charge in [0.1, 0.15) is 0 Å². The maximum Gasteiger partial charge on any atom is 0.233 e. The molecule has 0 aromatic carbocycles. The number of allylic oxidation sites excluding steroid dienone is 1. The molecule has 1 heterocycles. The van der Waals surface area contributed by atoms with Gasteiger partial charge >= 0.3 is 0 Å². The van der Waals surface area contributed by atoms with Gasteiger partial charge in [-0.2, -0.15) is 0 Å². The van der Waals surface area contributed by atoms with E-state index in [1.165, 1.54) is 4.90 Å². The van der Waals surface area contributed by atoms with Crippen molar-refractivity contribution in [3.05, 3.63) is 12.3 Å². The molecule has 0 aromatic rings. The Hall–Kier alpha value is -1.12. The van der Waals surface area contributed by atoms with Gasteiger partial charge in [0.25, 0.3) is 0 Å². The van der Waals surface area contributed by atoms with Gasteiger partial charge in [-0.25, -0.2) is 0 Å². The molecule has 1 aliphatic heterocycles. The number of unbranched alkanes of at least 4 members (excludes halogenated alkanes) is 2. The van der Waals surface area contributed by atoms with Crippen molar-refractivity contribution in [3.8, 4) is 0 Å². The average Bonchev–Trinajstić information content (AvgIpc) is 2.13. The second-order valence-corrected chi connectivity index (χ2v) is 5.20. The summed E-state index contributed by atoms with van der Waals surface area (Å²) in [5.41, 5.74) is -0.179. The number of imide groups is 1. The zero-order valence-corrected chi connectivity index (χ0v) is 10.5. The van der Waals surface area contributed by atoms with Crippen LogP contribution in [0.5, 0.6) is 0 Å². The second-order valence-electron chi connectivity index (χ2n) is 5.20. The number of nitrogens with zero attached hydrogens (tertiary/aromatic N) is 1. The first-order chi connectivity index (χ1) is 7.46. The van der Waals surface area contributed by atoms with Gasteiger partial charge in [0.15, 0.2) is 0 Å². The number of likely N-dealkylation sites (tertiary alicyclic amines) is 1. The molecule has 90 valence electrons. The van der Waals surface area contributed by atoms with Crippen molar-refractivity contribution in [1.82, 2.24) is 4.90 Å². The molecule has 2 amide bonds. The van der Waals surface area contributed by atoms with Crippen LogP contribution in [0.15, 0.2) is 12.3 Å². The maximum atomic E-state index is 11.7. The number of hydrogen-bond acceptors (Lipinski definition) is 2. The predicted octanol–water partition coefficient (Wildman–Crippen LogP) is 2.87. The lowest BCUT2D eigenvalue weighted by Gasteiger charge is -2.32. The molecule has 3 nitrogen and oxygen atoms in total. The molecule has 1 rings (SSSR count). The molecule has 0 N–H and O–H groups in total. The van der Waals surface area contributed by atoms with E-state index in [1.54, 1.807) is 6.20 Å². The van der Waals surface area contributed by atoms with E-state index < -0.39 is 0 Å². The van der Waals surface area contributed by atoms with Crippen LogP contribution in [0.4, 0.5) is 0 Å². The highest BCUT2D eigenvalue weighted by Gasteiger charge is 2.36. The van der Waals surface area contributed by atoms with Gasteiger partial charge in [-0.1, -0.05) is 39.7 Å². The van der Waals surface area contributed by atoms with Crippen molar-refractivity contribution in [2.75, 3.05) is 0 Å². The van der Waals surface area contributed by atoms with Gasteiger partial charge in [0.2, 0.25) is 11.8 Å². The molecule has 1 fully saturated rings. The third-order valence-electron chi connectivity index (χ3n) is 2.78. The lowest BCUT2D eigenvalue weighted by molar-refractivity contribution is -0.148. The third-order valence-corrected chi connectivity index (χ3v) is 2.78. The number of piperidine rings is 1. The Balaban J connectivity index is 2.58. The summed E-state index contributed by atoms with van der Waals surface area (Å²) in [6, 6.07) is 0. The Bertz CT molecular complexity index is 285. The molecule has 0 saturated carbocycles. The van der Waals surface area contributed by atoms with Crippen LogP contribution in [0.25, 0.3) is 0 Å². The lowest BCUT2D eigenvalue weighted by atomic mass is 9.82. The highest BCUT2D eigenvalue weighted by Crippen LogP contribution is 2.31. The zero-order chi connectivity index (χ0) is 12.2. The number of carbonyl (C=O) groups excluding carboxylic acids is 2. The summed E-state index contributed by atoms with van der Waals surface area (Å²) in [7, 11) is 0. The molecule has 3 heteroatoms. The Labute approximate surface area is 97.5 Å². The third kappa shape index (κ3) is 3.47. The van der Waals surface area contributed by atoms with Gasteiger partial charge in [-0.05, 0) is 11.8 Å². The van der Waals surface area contributed by atoms with Crippen molar-refractivity contribution in [1.29, 1.82) is 0 Å². The van der Waals surface area contributed by atoms with Crippen LogP contribution in [0.3, 0.4) is 0 Å². The average molecular weight is 223 g/mol. The Morgan fingerprint density at radius 1 is 1.25 bits per heavy atom. The maximum absolute atomic E-state index is 11.7. The van der Waals surface area contributed by atoms with E-state index >= 15 is 0 Å². The molecule has 0 radical (unpaired) electrons. The highest BCUT2D eigenvalue weighted by atomic mass is 16.2. The van der Waals surface area contributed by atoms with Crippen molar-refractivity contribution >= 4 is 11.8 Å². The summed E-state index contributed by atoms with van der Waals surface area (Å²) >= 11 is 0. The predicted molar refractivity (Wildman–Crippen MR) is 63.5 cm³/mol. The first-order valence-electron chi connectivity index (χ1n) is 5.98. The van der Waals surface area contributed by atoms with Crippen LogP contribution in [0, 0.1) is 5.41 Å². The van der Waals surface area contributed by atoms with Gasteiger partial charge in [0, 0.05) is 19.0 Å². The Morgan fingerprint density at radius 2 is 1.81 bits per heavy atom. The standard InChI is InChI=1S/C13H21NO2/c1-4-5-6-7-8-14-11(15)9-13(2,3)10-12(14)16/h7-8H,4-6,9-10H2,1-3H3/b8-7-. The monoisotopic (exact) mass is 223 g/mol. The van der Waals surface area contributed by atoms with Crippen molar-refractivity contribution in [2.24, 2.45) is 5.41 Å². The fraction of sp³-hybridized carbons (Fsp3) is 0.692. The van der Waals surface area contributed by atoms with Gasteiger partial charge < -0.3 is 0 Å². The Morgan fingerprint density at radius 3 is 2.31 bits per heavy atom. The van der Waals surface area contributed by atoms with Crippen LogP contribution in [-0.2, 0) is 9.59 Å². The second kappa shape index (κ2) is 5.28. The normalized spacial score (nSPS) is 20.8. The molecule has 0 spiro atoms. The molecule has 0 bridgehead atoms. The molecular formula is C13H21NO2. The van der Waals surface area contributed by atoms with Crippen LogP contribution >= 0.6 is 0 Å². The van der Waals surface area contributed by atoms with E-state index in [2.05, 4.69) is 6.92 Å². The molecule has 16 heavy (non-hydrogen) atoms. The van der Waals surface area contributed by atoms with E-state index in [-0.39, 0.29) is 17.2 Å². The lowest BCUT2D eigenvalue weighted by Crippen LogP contribution is -2.42. The largest absolute Gasteiger partial charge is 0.274 e. The van der Waals surface area contributed by atoms with Crippen molar-refractivity contribution < 1.29 is 9.59 Å². The minimum atomic E-state index is -0.179. The SMILES string of the molecule is CCCC/C=C\N1C(=O)CC(C)(C)CC1=O. The highest BCUT2D eigenvalue weighted by molar-refractivity contribution is 5.99. The van der Waals surface area contributed by atoms with Crippen molar-refractivity contribution in [2.45, 2.75) is 52.9 Å². The molecule has 0 unspecified atom stereocenters. The van der Waals surface area contributed by atoms with Gasteiger partial charge in [-0.15, -0.1) is 0 Å². The topological polar surface area (TPSA) is 37.4 Å². The summed E-state index contributed by atoms with van der Waals surface area (Å²) in [4.78, 5) is 24.8.